The second kappa shape index (κ2) is 6.56. The summed E-state index contributed by atoms with van der Waals surface area (Å²) in [6.45, 7) is 5.74. The van der Waals surface area contributed by atoms with Crippen LogP contribution in [0.5, 0.6) is 0 Å². The Morgan fingerprint density at radius 2 is 1.88 bits per heavy atom. The van der Waals surface area contributed by atoms with Gasteiger partial charge in [0.1, 0.15) is 11.7 Å². The van der Waals surface area contributed by atoms with Crippen molar-refractivity contribution in [3.63, 3.8) is 0 Å². The van der Waals surface area contributed by atoms with E-state index in [-0.39, 0.29) is 12.0 Å². The van der Waals surface area contributed by atoms with Crippen LogP contribution in [0.4, 0.5) is 0 Å². The maximum Gasteiger partial charge on any atom is 0.108 e. The minimum Gasteiger partial charge on any atom is -0.392 e. The summed E-state index contributed by atoms with van der Waals surface area (Å²) in [5.74, 6) is 0. The van der Waals surface area contributed by atoms with E-state index < -0.39 is 11.7 Å². The van der Waals surface area contributed by atoms with E-state index in [0.717, 1.165) is 29.6 Å². The molecule has 134 valence electrons. The van der Waals surface area contributed by atoms with Gasteiger partial charge in [-0.15, -0.1) is 0 Å². The molecule has 3 rings (SSSR count). The van der Waals surface area contributed by atoms with Crippen molar-refractivity contribution in [1.29, 1.82) is 0 Å². The topological polar surface area (TPSA) is 60.7 Å². The van der Waals surface area contributed by atoms with Crippen molar-refractivity contribution in [2.75, 3.05) is 6.61 Å². The average molecular weight is 340 g/mol. The molecule has 2 aliphatic rings. The van der Waals surface area contributed by atoms with Crippen LogP contribution >= 0.6 is 0 Å². The van der Waals surface area contributed by atoms with Crippen molar-refractivity contribution in [2.45, 2.75) is 51.7 Å². The zero-order chi connectivity index (χ0) is 18.2. The Hall–Kier alpha value is -1.68. The summed E-state index contributed by atoms with van der Waals surface area (Å²) >= 11 is 0. The summed E-state index contributed by atoms with van der Waals surface area (Å²) in [7, 11) is 0. The van der Waals surface area contributed by atoms with Gasteiger partial charge >= 0.3 is 0 Å². The standard InChI is InChI=1S/C22H28O3/c1-15(13-17-7-5-4-6-8-17)14-19-16(2)22(10-11-22)21(3,25)20(24)18(19)9-12-23/h4-9,13,20,23-25H,10-12,14H2,1-3H3/b15-13+,18-9+/t20-,21-/m0/s1. The predicted octanol–water partition coefficient (Wildman–Crippen LogP) is 3.62. The lowest BCUT2D eigenvalue weighted by molar-refractivity contribution is -0.0895. The van der Waals surface area contributed by atoms with Gasteiger partial charge in [-0.05, 0) is 56.7 Å². The first-order chi connectivity index (χ1) is 11.8. The van der Waals surface area contributed by atoms with Gasteiger partial charge in [-0.1, -0.05) is 53.6 Å². The van der Waals surface area contributed by atoms with E-state index in [4.69, 9.17) is 0 Å². The van der Waals surface area contributed by atoms with Crippen molar-refractivity contribution in [2.24, 2.45) is 5.41 Å². The van der Waals surface area contributed by atoms with Crippen LogP contribution in [0.2, 0.25) is 0 Å². The highest BCUT2D eigenvalue weighted by atomic mass is 16.3. The molecule has 0 aromatic heterocycles. The summed E-state index contributed by atoms with van der Waals surface area (Å²) < 4.78 is 0. The highest BCUT2D eigenvalue weighted by Crippen LogP contribution is 2.64. The SMILES string of the molecule is CC1=C(C/C(C)=C/c2ccccc2)/C(=C\CO)[C@H](O)[C@](C)(O)C12CC2. The monoisotopic (exact) mass is 340 g/mol. The molecule has 0 amide bonds. The van der Waals surface area contributed by atoms with Gasteiger partial charge in [-0.3, -0.25) is 0 Å². The predicted molar refractivity (Wildman–Crippen MR) is 101 cm³/mol. The van der Waals surface area contributed by atoms with Gasteiger partial charge in [0, 0.05) is 5.41 Å². The largest absolute Gasteiger partial charge is 0.392 e. The van der Waals surface area contributed by atoms with E-state index in [9.17, 15) is 15.3 Å². The van der Waals surface area contributed by atoms with E-state index in [1.165, 1.54) is 5.57 Å². The Bertz CT molecular complexity index is 734. The molecule has 1 fully saturated rings. The molecule has 3 heteroatoms. The van der Waals surface area contributed by atoms with Crippen molar-refractivity contribution >= 4 is 6.08 Å². The van der Waals surface area contributed by atoms with Gasteiger partial charge in [-0.25, -0.2) is 0 Å². The van der Waals surface area contributed by atoms with Gasteiger partial charge in [-0.2, -0.15) is 0 Å². The molecule has 0 radical (unpaired) electrons. The number of aliphatic hydroxyl groups excluding tert-OH is 2. The minimum absolute atomic E-state index is 0.145. The van der Waals surface area contributed by atoms with Crippen molar-refractivity contribution in [3.8, 4) is 0 Å². The van der Waals surface area contributed by atoms with Gasteiger partial charge in [0.2, 0.25) is 0 Å². The van der Waals surface area contributed by atoms with Gasteiger partial charge in [0.15, 0.2) is 0 Å². The molecule has 0 bridgehead atoms. The first kappa shape index (κ1) is 18.1. The first-order valence-corrected chi connectivity index (χ1v) is 8.97. The lowest BCUT2D eigenvalue weighted by Gasteiger charge is -2.45. The Balaban J connectivity index is 2.00. The number of rotatable bonds is 4. The van der Waals surface area contributed by atoms with E-state index in [1.54, 1.807) is 13.0 Å². The molecule has 2 atom stereocenters. The lowest BCUT2D eigenvalue weighted by atomic mass is 9.65. The quantitative estimate of drug-likeness (QED) is 0.784. The number of aliphatic hydroxyl groups is 3. The maximum absolute atomic E-state index is 11.0. The van der Waals surface area contributed by atoms with Crippen LogP contribution in [-0.2, 0) is 0 Å². The summed E-state index contributed by atoms with van der Waals surface area (Å²) in [6, 6.07) is 10.2. The van der Waals surface area contributed by atoms with Gasteiger partial charge in [0.25, 0.3) is 0 Å². The molecule has 2 aliphatic carbocycles. The van der Waals surface area contributed by atoms with Crippen LogP contribution in [0.15, 0.2) is 58.7 Å². The maximum atomic E-state index is 11.0. The Kier molecular flexibility index (Phi) is 4.76. The molecule has 3 nitrogen and oxygen atoms in total. The zero-order valence-electron chi connectivity index (χ0n) is 15.3. The highest BCUT2D eigenvalue weighted by molar-refractivity contribution is 5.57. The normalized spacial score (nSPS) is 30.2. The summed E-state index contributed by atoms with van der Waals surface area (Å²) in [5, 5.41) is 31.2. The van der Waals surface area contributed by atoms with Crippen LogP contribution < -0.4 is 0 Å². The smallest absolute Gasteiger partial charge is 0.108 e. The summed E-state index contributed by atoms with van der Waals surface area (Å²) in [6.07, 6.45) is 5.34. The van der Waals surface area contributed by atoms with Gasteiger partial charge < -0.3 is 15.3 Å². The molecule has 3 N–H and O–H groups in total. The van der Waals surface area contributed by atoms with Crippen LogP contribution in [0.1, 0.15) is 45.6 Å². The van der Waals surface area contributed by atoms with Crippen LogP contribution in [-0.4, -0.2) is 33.6 Å². The molecule has 0 unspecified atom stereocenters. The van der Waals surface area contributed by atoms with E-state index in [1.807, 2.05) is 18.2 Å². The fraction of sp³-hybridized carbons (Fsp3) is 0.455. The molecule has 1 spiro atoms. The summed E-state index contributed by atoms with van der Waals surface area (Å²) in [4.78, 5) is 0. The molecular formula is C22H28O3. The molecule has 1 aromatic rings. The second-order valence-corrected chi connectivity index (χ2v) is 7.66. The number of allylic oxidation sites excluding steroid dienone is 1. The van der Waals surface area contributed by atoms with Crippen LogP contribution in [0.25, 0.3) is 6.08 Å². The third-order valence-electron chi connectivity index (χ3n) is 6.04. The Morgan fingerprint density at radius 1 is 1.24 bits per heavy atom. The first-order valence-electron chi connectivity index (χ1n) is 8.97. The minimum atomic E-state index is -1.18. The second-order valence-electron chi connectivity index (χ2n) is 7.66. The molecular weight excluding hydrogens is 312 g/mol. The summed E-state index contributed by atoms with van der Waals surface area (Å²) in [5.41, 5.74) is 3.73. The van der Waals surface area contributed by atoms with E-state index >= 15 is 0 Å². The van der Waals surface area contributed by atoms with Gasteiger partial charge in [0.05, 0.1) is 6.61 Å². The van der Waals surface area contributed by atoms with Crippen LogP contribution in [0.3, 0.4) is 0 Å². The van der Waals surface area contributed by atoms with E-state index in [2.05, 4.69) is 32.1 Å². The highest BCUT2D eigenvalue weighted by Gasteiger charge is 2.63. The fourth-order valence-corrected chi connectivity index (χ4v) is 4.35. The number of hydrogen-bond donors (Lipinski definition) is 3. The number of benzene rings is 1. The van der Waals surface area contributed by atoms with Crippen molar-refractivity contribution < 1.29 is 15.3 Å². The molecule has 0 aliphatic heterocycles. The molecule has 0 saturated heterocycles. The van der Waals surface area contributed by atoms with Crippen LogP contribution in [0, 0.1) is 5.41 Å². The lowest BCUT2D eigenvalue weighted by Crippen LogP contribution is -2.52. The zero-order valence-corrected chi connectivity index (χ0v) is 15.3. The Morgan fingerprint density at radius 3 is 2.44 bits per heavy atom. The Labute approximate surface area is 150 Å². The van der Waals surface area contributed by atoms with Crippen molar-refractivity contribution in [3.05, 3.63) is 64.3 Å². The average Bonchev–Trinajstić information content (AvgIpc) is 3.39. The fourth-order valence-electron chi connectivity index (χ4n) is 4.35. The third-order valence-corrected chi connectivity index (χ3v) is 6.04. The number of hydrogen-bond acceptors (Lipinski definition) is 3. The molecule has 1 saturated carbocycles. The third kappa shape index (κ3) is 3.01. The molecule has 25 heavy (non-hydrogen) atoms. The van der Waals surface area contributed by atoms with Crippen molar-refractivity contribution in [1.82, 2.24) is 0 Å². The molecule has 1 aromatic carbocycles. The molecule has 0 heterocycles. The van der Waals surface area contributed by atoms with E-state index in [0.29, 0.717) is 12.0 Å².